The fourth-order valence-electron chi connectivity index (χ4n) is 3.03. The van der Waals surface area contributed by atoms with Crippen LogP contribution >= 0.6 is 0 Å². The van der Waals surface area contributed by atoms with Crippen molar-refractivity contribution in [3.8, 4) is 5.75 Å². The second-order valence-corrected chi connectivity index (χ2v) is 6.66. The number of aliphatic carboxylic acids is 1. The largest absolute Gasteiger partial charge is 0.619 e. The predicted molar refractivity (Wildman–Crippen MR) is 113 cm³/mol. The molecular formula is C24H18N2O4. The number of benzene rings is 2. The molecule has 4 rings (SSSR count). The molecule has 0 radical (unpaired) electrons. The van der Waals surface area contributed by atoms with Crippen LogP contribution < -0.4 is 9.47 Å². The lowest BCUT2D eigenvalue weighted by atomic mass is 10.0. The van der Waals surface area contributed by atoms with Crippen molar-refractivity contribution in [2.75, 3.05) is 0 Å². The van der Waals surface area contributed by atoms with Gasteiger partial charge in [-0.1, -0.05) is 36.4 Å². The third-order valence-electron chi connectivity index (χ3n) is 4.58. The first kappa shape index (κ1) is 19.1. The molecule has 0 saturated heterocycles. The SMILES string of the molecule is O=C(O)C(=Cc1cc[n+]([O-])cc1)c1ccc(OCc2ccc3ccccc3n2)cc1. The molecule has 0 aliphatic rings. The molecule has 148 valence electrons. The highest BCUT2D eigenvalue weighted by atomic mass is 16.5. The van der Waals surface area contributed by atoms with Crippen molar-refractivity contribution >= 4 is 28.5 Å². The van der Waals surface area contributed by atoms with Crippen molar-refractivity contribution in [2.45, 2.75) is 6.61 Å². The molecule has 0 aliphatic heterocycles. The van der Waals surface area contributed by atoms with Crippen LogP contribution in [0.2, 0.25) is 0 Å². The molecule has 0 saturated carbocycles. The number of hydrogen-bond donors (Lipinski definition) is 1. The summed E-state index contributed by atoms with van der Waals surface area (Å²) < 4.78 is 6.45. The zero-order valence-corrected chi connectivity index (χ0v) is 15.9. The van der Waals surface area contributed by atoms with Crippen LogP contribution in [0, 0.1) is 5.21 Å². The van der Waals surface area contributed by atoms with Crippen LogP contribution in [-0.4, -0.2) is 16.1 Å². The van der Waals surface area contributed by atoms with E-state index in [0.29, 0.717) is 28.2 Å². The Hall–Kier alpha value is -4.19. The number of para-hydroxylation sites is 1. The van der Waals surface area contributed by atoms with Crippen molar-refractivity contribution in [3.05, 3.63) is 107 Å². The Morgan fingerprint density at radius 2 is 1.73 bits per heavy atom. The number of pyridine rings is 2. The first-order valence-electron chi connectivity index (χ1n) is 9.30. The molecule has 0 amide bonds. The van der Waals surface area contributed by atoms with Gasteiger partial charge >= 0.3 is 5.97 Å². The summed E-state index contributed by atoms with van der Waals surface area (Å²) >= 11 is 0. The van der Waals surface area contributed by atoms with Crippen LogP contribution in [0.25, 0.3) is 22.6 Å². The molecule has 6 heteroatoms. The van der Waals surface area contributed by atoms with E-state index >= 15 is 0 Å². The number of hydrogen-bond acceptors (Lipinski definition) is 4. The second-order valence-electron chi connectivity index (χ2n) is 6.66. The topological polar surface area (TPSA) is 86.4 Å². The van der Waals surface area contributed by atoms with Crippen molar-refractivity contribution in [3.63, 3.8) is 0 Å². The lowest BCUT2D eigenvalue weighted by molar-refractivity contribution is -0.605. The summed E-state index contributed by atoms with van der Waals surface area (Å²) in [6.07, 6.45) is 4.17. The van der Waals surface area contributed by atoms with E-state index in [1.165, 1.54) is 18.5 Å². The Morgan fingerprint density at radius 3 is 2.47 bits per heavy atom. The van der Waals surface area contributed by atoms with Gasteiger partial charge in [0.15, 0.2) is 12.4 Å². The van der Waals surface area contributed by atoms with Crippen molar-refractivity contribution in [1.82, 2.24) is 4.98 Å². The fraction of sp³-hybridized carbons (Fsp3) is 0.0417. The molecule has 0 fully saturated rings. The minimum absolute atomic E-state index is 0.126. The molecule has 2 heterocycles. The molecule has 0 bridgehead atoms. The Labute approximate surface area is 172 Å². The average molecular weight is 398 g/mol. The Kier molecular flexibility index (Phi) is 5.39. The number of carboxylic acids is 1. The molecule has 0 aliphatic carbocycles. The van der Waals surface area contributed by atoms with E-state index in [1.807, 2.05) is 36.4 Å². The molecule has 2 aromatic carbocycles. The van der Waals surface area contributed by atoms with Gasteiger partial charge in [0.2, 0.25) is 0 Å². The number of carbonyl (C=O) groups is 1. The maximum atomic E-state index is 11.7. The van der Waals surface area contributed by atoms with Gasteiger partial charge in [0, 0.05) is 17.5 Å². The van der Waals surface area contributed by atoms with Gasteiger partial charge in [0.25, 0.3) is 0 Å². The molecule has 2 aromatic heterocycles. The van der Waals surface area contributed by atoms with Gasteiger partial charge in [-0.05, 0) is 41.5 Å². The van der Waals surface area contributed by atoms with Crippen LogP contribution in [0.1, 0.15) is 16.8 Å². The summed E-state index contributed by atoms with van der Waals surface area (Å²) in [5.41, 5.74) is 3.01. The van der Waals surface area contributed by atoms with Crippen LogP contribution in [0.5, 0.6) is 5.75 Å². The first-order valence-corrected chi connectivity index (χ1v) is 9.30. The highest BCUT2D eigenvalue weighted by molar-refractivity contribution is 6.20. The quantitative estimate of drug-likeness (QED) is 0.301. The van der Waals surface area contributed by atoms with E-state index in [-0.39, 0.29) is 5.57 Å². The zero-order valence-electron chi connectivity index (χ0n) is 15.9. The monoisotopic (exact) mass is 398 g/mol. The molecule has 6 nitrogen and oxygen atoms in total. The van der Waals surface area contributed by atoms with E-state index in [4.69, 9.17) is 4.74 Å². The lowest BCUT2D eigenvalue weighted by Gasteiger charge is -2.08. The molecule has 0 atom stereocenters. The van der Waals surface area contributed by atoms with Gasteiger partial charge in [0.1, 0.15) is 12.4 Å². The maximum absolute atomic E-state index is 11.7. The molecule has 0 unspecified atom stereocenters. The Bertz CT molecular complexity index is 1220. The summed E-state index contributed by atoms with van der Waals surface area (Å²) in [6, 6.07) is 21.8. The molecule has 30 heavy (non-hydrogen) atoms. The Balaban J connectivity index is 1.49. The number of aromatic nitrogens is 2. The minimum atomic E-state index is -1.05. The number of fused-ring (bicyclic) bond motifs is 1. The summed E-state index contributed by atoms with van der Waals surface area (Å²) in [5, 5.41) is 21.8. The summed E-state index contributed by atoms with van der Waals surface area (Å²) in [5.74, 6) is -0.437. The average Bonchev–Trinajstić information content (AvgIpc) is 2.77. The Morgan fingerprint density at radius 1 is 1.00 bits per heavy atom. The minimum Gasteiger partial charge on any atom is -0.619 e. The van der Waals surface area contributed by atoms with Crippen molar-refractivity contribution in [2.24, 2.45) is 0 Å². The van der Waals surface area contributed by atoms with E-state index in [1.54, 1.807) is 36.4 Å². The van der Waals surface area contributed by atoms with E-state index in [0.717, 1.165) is 16.6 Å². The number of ether oxygens (including phenoxy) is 1. The summed E-state index contributed by atoms with van der Waals surface area (Å²) in [4.78, 5) is 16.3. The van der Waals surface area contributed by atoms with Crippen LogP contribution in [0.3, 0.4) is 0 Å². The third kappa shape index (κ3) is 4.44. The van der Waals surface area contributed by atoms with Gasteiger partial charge in [-0.2, -0.15) is 4.73 Å². The number of rotatable bonds is 6. The van der Waals surface area contributed by atoms with E-state index < -0.39 is 5.97 Å². The van der Waals surface area contributed by atoms with E-state index in [9.17, 15) is 15.1 Å². The van der Waals surface area contributed by atoms with Crippen molar-refractivity contribution < 1.29 is 19.4 Å². The van der Waals surface area contributed by atoms with Crippen LogP contribution in [0.15, 0.2) is 85.2 Å². The molecule has 0 spiro atoms. The van der Waals surface area contributed by atoms with Gasteiger partial charge in [-0.3, -0.25) is 0 Å². The molecule has 1 N–H and O–H groups in total. The standard InChI is InChI=1S/C24H18N2O4/c27-24(28)22(15-17-11-13-26(29)14-12-17)18-6-9-21(10-7-18)30-16-20-8-5-19-3-1-2-4-23(19)25-20/h1-15H,16H2,(H,27,28). The highest BCUT2D eigenvalue weighted by Gasteiger charge is 2.11. The van der Waals surface area contributed by atoms with Gasteiger partial charge in [-0.15, -0.1) is 0 Å². The summed E-state index contributed by atoms with van der Waals surface area (Å²) in [7, 11) is 0. The van der Waals surface area contributed by atoms with Crippen molar-refractivity contribution in [1.29, 1.82) is 0 Å². The fourth-order valence-corrected chi connectivity index (χ4v) is 3.03. The normalized spacial score (nSPS) is 11.4. The highest BCUT2D eigenvalue weighted by Crippen LogP contribution is 2.22. The van der Waals surface area contributed by atoms with Gasteiger partial charge < -0.3 is 15.1 Å². The van der Waals surface area contributed by atoms with Gasteiger partial charge in [-0.25, -0.2) is 9.78 Å². The molecule has 4 aromatic rings. The smallest absolute Gasteiger partial charge is 0.336 e. The van der Waals surface area contributed by atoms with Crippen LogP contribution in [-0.2, 0) is 11.4 Å². The predicted octanol–water partition coefficient (Wildman–Crippen LogP) is 4.07. The second kappa shape index (κ2) is 8.45. The van der Waals surface area contributed by atoms with Crippen LogP contribution in [0.4, 0.5) is 0 Å². The number of nitrogens with zero attached hydrogens (tertiary/aromatic N) is 2. The summed E-state index contributed by atoms with van der Waals surface area (Å²) in [6.45, 7) is 0.311. The third-order valence-corrected chi connectivity index (χ3v) is 4.58. The van der Waals surface area contributed by atoms with Gasteiger partial charge in [0.05, 0.1) is 16.8 Å². The molecular weight excluding hydrogens is 380 g/mol. The zero-order chi connectivity index (χ0) is 20.9. The maximum Gasteiger partial charge on any atom is 0.336 e. The first-order chi connectivity index (χ1) is 14.6. The lowest BCUT2D eigenvalue weighted by Crippen LogP contribution is -2.23. The number of carboxylic acid groups (broad SMARTS) is 1. The van der Waals surface area contributed by atoms with E-state index in [2.05, 4.69) is 4.98 Å².